The summed E-state index contributed by atoms with van der Waals surface area (Å²) in [6.45, 7) is 0. The smallest absolute Gasteiger partial charge is 0.349 e. The van der Waals surface area contributed by atoms with Crippen molar-refractivity contribution >= 4 is 27.1 Å². The van der Waals surface area contributed by atoms with Crippen molar-refractivity contribution in [2.45, 2.75) is 6.04 Å². The number of aliphatic carboxylic acids is 2. The quantitative estimate of drug-likeness (QED) is 0.449. The molecule has 3 N–H and O–H groups in total. The van der Waals surface area contributed by atoms with Crippen molar-refractivity contribution in [3.63, 3.8) is 0 Å². The minimum absolute atomic E-state index is 1.12. The molecule has 0 aliphatic rings. The van der Waals surface area contributed by atoms with Crippen LogP contribution >= 0.6 is 0 Å². The molecule has 0 aromatic carbocycles. The molecule has 0 saturated carbocycles. The number of carbonyl (C=O) groups is 2. The van der Waals surface area contributed by atoms with Crippen LogP contribution in [0.25, 0.3) is 0 Å². The molecule has 0 spiro atoms. The molecule has 0 rings (SSSR count). The van der Waals surface area contributed by atoms with Crippen molar-refractivity contribution < 1.29 is 28.2 Å². The van der Waals surface area contributed by atoms with Gasteiger partial charge in [-0.3, -0.25) is 4.79 Å². The van der Waals surface area contributed by atoms with Crippen LogP contribution in [0.1, 0.15) is 0 Å². The van der Waals surface area contributed by atoms with Gasteiger partial charge in [-0.05, 0) is 7.05 Å². The summed E-state index contributed by atoms with van der Waals surface area (Å²) in [5.74, 6) is -3.35. The summed E-state index contributed by atoms with van der Waals surface area (Å²) in [6.07, 6.45) is 0. The second-order valence-electron chi connectivity index (χ2n) is 1.96. The minimum atomic E-state index is -3.06. The summed E-state index contributed by atoms with van der Waals surface area (Å²) in [5.41, 5.74) is 0. The van der Waals surface area contributed by atoms with E-state index in [9.17, 15) is 18.0 Å². The molecule has 0 aromatic heterocycles. The Morgan fingerprint density at radius 1 is 1.31 bits per heavy atom. The van der Waals surface area contributed by atoms with Crippen LogP contribution in [0, 0.1) is 0 Å². The molecule has 0 heterocycles. The van der Waals surface area contributed by atoms with E-state index in [1.54, 1.807) is 0 Å². The largest absolute Gasteiger partial charge is 0.480 e. The zero-order valence-electron chi connectivity index (χ0n) is 6.51. The molecule has 0 bridgehead atoms. The molecule has 0 aliphatic carbocycles. The molecule has 74 valence electrons. The van der Waals surface area contributed by atoms with Crippen LogP contribution in [-0.2, 0) is 19.9 Å². The Labute approximate surface area is 74.5 Å². The van der Waals surface area contributed by atoms with E-state index in [2.05, 4.69) is 5.32 Å². The molecule has 0 fully saturated rings. The van der Waals surface area contributed by atoms with E-state index >= 15 is 0 Å². The molecular formula is C5H7NO6S. The maximum absolute atomic E-state index is 10.4. The lowest BCUT2D eigenvalue weighted by Gasteiger charge is -2.07. The Balaban J connectivity index is 5.32. The predicted octanol–water partition coefficient (Wildman–Crippen LogP) is -2.20. The highest BCUT2D eigenvalue weighted by molar-refractivity contribution is 7.75. The van der Waals surface area contributed by atoms with E-state index in [0.717, 1.165) is 7.05 Å². The van der Waals surface area contributed by atoms with Gasteiger partial charge < -0.3 is 15.5 Å². The van der Waals surface area contributed by atoms with Crippen LogP contribution < -0.4 is 5.32 Å². The Kier molecular flexibility index (Phi) is 4.08. The first-order chi connectivity index (χ1) is 5.91. The number of rotatable bonds is 4. The molecule has 1 atom stereocenters. The summed E-state index contributed by atoms with van der Waals surface area (Å²) in [7, 11) is -1.91. The maximum atomic E-state index is 10.4. The predicted molar refractivity (Wildman–Crippen MR) is 42.0 cm³/mol. The fraction of sp³-hybridized carbons (Fsp3) is 0.400. The maximum Gasteiger partial charge on any atom is 0.349 e. The van der Waals surface area contributed by atoms with Crippen LogP contribution in [0.4, 0.5) is 0 Å². The molecule has 0 unspecified atom stereocenters. The Morgan fingerprint density at radius 2 is 1.77 bits per heavy atom. The zero-order chi connectivity index (χ0) is 10.6. The number of carboxylic acids is 2. The molecule has 7 nitrogen and oxygen atoms in total. The monoisotopic (exact) mass is 209 g/mol. The Hall–Kier alpha value is -1.41. The van der Waals surface area contributed by atoms with Gasteiger partial charge in [0.05, 0.1) is 0 Å². The van der Waals surface area contributed by atoms with Crippen LogP contribution in [0.5, 0.6) is 0 Å². The second kappa shape index (κ2) is 4.58. The average Bonchev–Trinajstić information content (AvgIpc) is 1.97. The van der Waals surface area contributed by atoms with Gasteiger partial charge in [0.15, 0.2) is 10.9 Å². The third-order valence-electron chi connectivity index (χ3n) is 1.19. The van der Waals surface area contributed by atoms with Crippen LogP contribution in [0.3, 0.4) is 0 Å². The van der Waals surface area contributed by atoms with Gasteiger partial charge in [0.2, 0.25) is 10.3 Å². The normalized spacial score (nSPS) is 11.8. The van der Waals surface area contributed by atoms with E-state index in [1.807, 2.05) is 0 Å². The third-order valence-corrected chi connectivity index (χ3v) is 1.96. The van der Waals surface area contributed by atoms with Crippen molar-refractivity contribution in [1.29, 1.82) is 0 Å². The average molecular weight is 209 g/mol. The van der Waals surface area contributed by atoms with Gasteiger partial charge in [-0.15, -0.1) is 0 Å². The fourth-order valence-electron chi connectivity index (χ4n) is 0.658. The van der Waals surface area contributed by atoms with Gasteiger partial charge in [-0.25, -0.2) is 4.79 Å². The summed E-state index contributed by atoms with van der Waals surface area (Å²) < 4.78 is 20.6. The third kappa shape index (κ3) is 2.84. The first kappa shape index (κ1) is 11.6. The molecule has 13 heavy (non-hydrogen) atoms. The van der Waals surface area contributed by atoms with E-state index < -0.39 is 33.1 Å². The first-order valence-corrected chi connectivity index (χ1v) is 4.08. The molecule has 0 aliphatic heterocycles. The number of carboxylic acid groups (broad SMARTS) is 2. The number of likely N-dealkylation sites (N-methyl/N-ethyl adjacent to an activating group) is 1. The van der Waals surface area contributed by atoms with Crippen molar-refractivity contribution in [3.05, 3.63) is 0 Å². The lowest BCUT2D eigenvalue weighted by Crippen LogP contribution is -2.45. The van der Waals surface area contributed by atoms with Gasteiger partial charge in [-0.2, -0.15) is 8.42 Å². The zero-order valence-corrected chi connectivity index (χ0v) is 7.33. The van der Waals surface area contributed by atoms with Gasteiger partial charge in [0.25, 0.3) is 0 Å². The second-order valence-corrected chi connectivity index (χ2v) is 2.87. The fourth-order valence-corrected chi connectivity index (χ4v) is 1.21. The highest BCUT2D eigenvalue weighted by atomic mass is 32.2. The molecule has 0 radical (unpaired) electrons. The summed E-state index contributed by atoms with van der Waals surface area (Å²) in [4.78, 5) is 19.6. The summed E-state index contributed by atoms with van der Waals surface area (Å²) in [5, 5.41) is 18.8. The Bertz CT molecular complexity index is 347. The number of nitrogens with one attached hydrogen (secondary N) is 1. The number of hydrogen-bond acceptors (Lipinski definition) is 5. The van der Waals surface area contributed by atoms with Gasteiger partial charge in [0.1, 0.15) is 0 Å². The van der Waals surface area contributed by atoms with E-state index in [0.29, 0.717) is 0 Å². The van der Waals surface area contributed by atoms with Crippen molar-refractivity contribution in [3.8, 4) is 0 Å². The highest BCUT2D eigenvalue weighted by Crippen LogP contribution is 1.88. The highest BCUT2D eigenvalue weighted by Gasteiger charge is 2.28. The SMILES string of the molecule is CN[C@@H](C(=O)O)C(C(=O)O)=S(=O)=O. The lowest BCUT2D eigenvalue weighted by molar-refractivity contribution is -0.139. The van der Waals surface area contributed by atoms with Crippen molar-refractivity contribution in [2.75, 3.05) is 7.05 Å². The van der Waals surface area contributed by atoms with Gasteiger partial charge in [-0.1, -0.05) is 0 Å². The van der Waals surface area contributed by atoms with Crippen molar-refractivity contribution in [2.24, 2.45) is 0 Å². The topological polar surface area (TPSA) is 121 Å². The molecule has 0 amide bonds. The summed E-state index contributed by atoms with van der Waals surface area (Å²) in [6, 6.07) is -1.73. The minimum Gasteiger partial charge on any atom is -0.480 e. The van der Waals surface area contributed by atoms with Gasteiger partial charge in [0, 0.05) is 0 Å². The summed E-state index contributed by atoms with van der Waals surface area (Å²) >= 11 is 0. The van der Waals surface area contributed by atoms with E-state index in [1.165, 1.54) is 0 Å². The van der Waals surface area contributed by atoms with Gasteiger partial charge >= 0.3 is 11.9 Å². The van der Waals surface area contributed by atoms with Crippen LogP contribution in [0.15, 0.2) is 0 Å². The molecule has 0 aromatic rings. The first-order valence-electron chi connectivity index (χ1n) is 3.01. The van der Waals surface area contributed by atoms with Crippen molar-refractivity contribution in [1.82, 2.24) is 5.32 Å². The molecule has 0 saturated heterocycles. The Morgan fingerprint density at radius 3 is 1.85 bits per heavy atom. The lowest BCUT2D eigenvalue weighted by atomic mass is 10.2. The van der Waals surface area contributed by atoms with E-state index in [4.69, 9.17) is 10.2 Å². The molecule has 8 heteroatoms. The van der Waals surface area contributed by atoms with E-state index in [-0.39, 0.29) is 0 Å². The standard InChI is InChI=1S/C5H7NO6S/c1-6-2(4(7)8)3(5(9)10)13(11)12/h2,6H,1H3,(H,7,8)(H,9,10)/t2-/m1/s1. The van der Waals surface area contributed by atoms with Crippen LogP contribution in [-0.4, -0.2) is 48.5 Å². The molecular weight excluding hydrogens is 202 g/mol. The number of hydrogen-bond donors (Lipinski definition) is 3. The van der Waals surface area contributed by atoms with Crippen LogP contribution in [0.2, 0.25) is 0 Å².